The fraction of sp³-hybridized carbons (Fsp3) is 0.600. The lowest BCUT2D eigenvalue weighted by molar-refractivity contribution is 0.640. The maximum absolute atomic E-state index is 4.00. The minimum absolute atomic E-state index is 0.650. The van der Waals surface area contributed by atoms with Crippen LogP contribution < -0.4 is 0 Å². The van der Waals surface area contributed by atoms with E-state index < -0.39 is 0 Å². The molecule has 0 saturated carbocycles. The van der Waals surface area contributed by atoms with Gasteiger partial charge in [-0.1, -0.05) is 38.2 Å². The molecule has 0 aromatic heterocycles. The molecular weight excluding hydrogens is 120 g/mol. The second-order valence-electron chi connectivity index (χ2n) is 3.10. The van der Waals surface area contributed by atoms with Gasteiger partial charge in [0.25, 0.3) is 0 Å². The molecular formula is C10H18. The number of rotatable bonds is 4. The highest BCUT2D eigenvalue weighted by Gasteiger charge is 2.02. The summed E-state index contributed by atoms with van der Waals surface area (Å²) in [4.78, 5) is 0. The fourth-order valence-electron chi connectivity index (χ4n) is 0.851. The van der Waals surface area contributed by atoms with Gasteiger partial charge in [0.2, 0.25) is 0 Å². The molecule has 0 heteroatoms. The van der Waals surface area contributed by atoms with Gasteiger partial charge in [-0.25, -0.2) is 0 Å². The minimum Gasteiger partial charge on any atom is -0.0998 e. The summed E-state index contributed by atoms with van der Waals surface area (Å²) < 4.78 is 0. The third kappa shape index (κ3) is 3.49. The summed E-state index contributed by atoms with van der Waals surface area (Å²) in [6.07, 6.45) is 2.18. The van der Waals surface area contributed by atoms with E-state index >= 15 is 0 Å². The van der Waals surface area contributed by atoms with Crippen molar-refractivity contribution in [3.63, 3.8) is 0 Å². The topological polar surface area (TPSA) is 0 Å². The Balaban J connectivity index is 3.73. The third-order valence-electron chi connectivity index (χ3n) is 1.84. The van der Waals surface area contributed by atoms with Crippen LogP contribution in [0.4, 0.5) is 0 Å². The molecule has 0 aromatic rings. The van der Waals surface area contributed by atoms with Gasteiger partial charge in [-0.3, -0.25) is 0 Å². The van der Waals surface area contributed by atoms with Crippen molar-refractivity contribution in [1.82, 2.24) is 0 Å². The van der Waals surface area contributed by atoms with Gasteiger partial charge in [-0.2, -0.15) is 0 Å². The Morgan fingerprint density at radius 3 is 2.20 bits per heavy atom. The summed E-state index contributed by atoms with van der Waals surface area (Å²) >= 11 is 0. The maximum atomic E-state index is 4.00. The van der Waals surface area contributed by atoms with Crippen molar-refractivity contribution in [2.45, 2.75) is 33.6 Å². The Morgan fingerprint density at radius 1 is 1.40 bits per heavy atom. The molecule has 1 atom stereocenters. The van der Waals surface area contributed by atoms with Crippen LogP contribution in [0.5, 0.6) is 0 Å². The highest BCUT2D eigenvalue weighted by Crippen LogP contribution is 2.18. The molecule has 0 rings (SSSR count). The highest BCUT2D eigenvalue weighted by molar-refractivity contribution is 5.09. The molecule has 0 aliphatic heterocycles. The molecule has 0 aromatic carbocycles. The second kappa shape index (κ2) is 4.32. The van der Waals surface area contributed by atoms with Crippen molar-refractivity contribution in [2.75, 3.05) is 0 Å². The van der Waals surface area contributed by atoms with Gasteiger partial charge in [-0.15, -0.1) is 0 Å². The Hall–Kier alpha value is -0.520. The average molecular weight is 138 g/mol. The van der Waals surface area contributed by atoms with Gasteiger partial charge in [0.05, 0.1) is 0 Å². The van der Waals surface area contributed by atoms with E-state index in [9.17, 15) is 0 Å². The number of hydrogen-bond donors (Lipinski definition) is 0. The Kier molecular flexibility index (Phi) is 4.10. The van der Waals surface area contributed by atoms with Crippen molar-refractivity contribution < 1.29 is 0 Å². The van der Waals surface area contributed by atoms with Gasteiger partial charge < -0.3 is 0 Å². The van der Waals surface area contributed by atoms with E-state index in [0.29, 0.717) is 5.92 Å². The molecule has 10 heavy (non-hydrogen) atoms. The quantitative estimate of drug-likeness (QED) is 0.521. The molecule has 0 aliphatic carbocycles. The SMILES string of the molecule is C=C(C)CC(=C)C(C)CC. The van der Waals surface area contributed by atoms with Crippen LogP contribution in [-0.2, 0) is 0 Å². The summed E-state index contributed by atoms with van der Waals surface area (Å²) in [7, 11) is 0. The van der Waals surface area contributed by atoms with Crippen molar-refractivity contribution in [1.29, 1.82) is 0 Å². The molecule has 0 radical (unpaired) electrons. The lowest BCUT2D eigenvalue weighted by Gasteiger charge is -2.11. The summed E-state index contributed by atoms with van der Waals surface area (Å²) in [6, 6.07) is 0. The van der Waals surface area contributed by atoms with Gasteiger partial charge in [0.1, 0.15) is 0 Å². The van der Waals surface area contributed by atoms with Gasteiger partial charge >= 0.3 is 0 Å². The second-order valence-corrected chi connectivity index (χ2v) is 3.10. The molecule has 0 N–H and O–H groups in total. The number of allylic oxidation sites excluding steroid dienone is 2. The molecule has 0 saturated heterocycles. The number of hydrogen-bond acceptors (Lipinski definition) is 0. The highest BCUT2D eigenvalue weighted by atomic mass is 14.1. The molecule has 1 unspecified atom stereocenters. The Bertz CT molecular complexity index is 131. The molecule has 0 nitrogen and oxygen atoms in total. The Labute approximate surface area is 64.6 Å². The van der Waals surface area contributed by atoms with E-state index in [2.05, 4.69) is 27.0 Å². The molecule has 0 fully saturated rings. The van der Waals surface area contributed by atoms with Crippen LogP contribution in [0.15, 0.2) is 24.3 Å². The normalized spacial score (nSPS) is 12.7. The molecule has 58 valence electrons. The predicted octanol–water partition coefficient (Wildman–Crippen LogP) is 3.55. The van der Waals surface area contributed by atoms with E-state index in [-0.39, 0.29) is 0 Å². The van der Waals surface area contributed by atoms with Crippen LogP contribution in [0.25, 0.3) is 0 Å². The first-order chi connectivity index (χ1) is 4.57. The van der Waals surface area contributed by atoms with E-state index in [0.717, 1.165) is 6.42 Å². The minimum atomic E-state index is 0.650. The Morgan fingerprint density at radius 2 is 1.90 bits per heavy atom. The van der Waals surface area contributed by atoms with Crippen LogP contribution >= 0.6 is 0 Å². The monoisotopic (exact) mass is 138 g/mol. The van der Waals surface area contributed by atoms with Crippen molar-refractivity contribution in [2.24, 2.45) is 5.92 Å². The summed E-state index contributed by atoms with van der Waals surface area (Å²) in [5.74, 6) is 0.650. The van der Waals surface area contributed by atoms with E-state index in [4.69, 9.17) is 0 Å². The van der Waals surface area contributed by atoms with Crippen molar-refractivity contribution >= 4 is 0 Å². The summed E-state index contributed by atoms with van der Waals surface area (Å²) in [5.41, 5.74) is 2.53. The predicted molar refractivity (Wildman–Crippen MR) is 48.0 cm³/mol. The van der Waals surface area contributed by atoms with E-state index in [1.165, 1.54) is 17.6 Å². The smallest absolute Gasteiger partial charge is 0.0114 e. The first-order valence-corrected chi connectivity index (χ1v) is 3.90. The lowest BCUT2D eigenvalue weighted by Crippen LogP contribution is -1.96. The largest absolute Gasteiger partial charge is 0.0998 e. The molecule has 0 bridgehead atoms. The zero-order valence-electron chi connectivity index (χ0n) is 7.41. The third-order valence-corrected chi connectivity index (χ3v) is 1.84. The zero-order valence-corrected chi connectivity index (χ0v) is 7.41. The first kappa shape index (κ1) is 9.48. The maximum Gasteiger partial charge on any atom is -0.0114 e. The van der Waals surface area contributed by atoms with E-state index in [1.807, 2.05) is 6.92 Å². The van der Waals surface area contributed by atoms with Crippen LogP contribution in [0.1, 0.15) is 33.6 Å². The van der Waals surface area contributed by atoms with Crippen LogP contribution in [0, 0.1) is 5.92 Å². The summed E-state index contributed by atoms with van der Waals surface area (Å²) in [6.45, 7) is 14.3. The van der Waals surface area contributed by atoms with Crippen LogP contribution in [-0.4, -0.2) is 0 Å². The fourth-order valence-corrected chi connectivity index (χ4v) is 0.851. The van der Waals surface area contributed by atoms with E-state index in [1.54, 1.807) is 0 Å². The van der Waals surface area contributed by atoms with Gasteiger partial charge in [-0.05, 0) is 25.7 Å². The molecule has 0 amide bonds. The van der Waals surface area contributed by atoms with Crippen LogP contribution in [0.2, 0.25) is 0 Å². The average Bonchev–Trinajstić information content (AvgIpc) is 1.85. The molecule has 0 aliphatic rings. The molecule has 0 heterocycles. The van der Waals surface area contributed by atoms with Crippen molar-refractivity contribution in [3.05, 3.63) is 24.3 Å². The molecule has 0 spiro atoms. The zero-order chi connectivity index (χ0) is 8.15. The lowest BCUT2D eigenvalue weighted by atomic mass is 9.95. The van der Waals surface area contributed by atoms with Gasteiger partial charge in [0.15, 0.2) is 0 Å². The summed E-state index contributed by atoms with van der Waals surface area (Å²) in [5, 5.41) is 0. The van der Waals surface area contributed by atoms with Gasteiger partial charge in [0, 0.05) is 0 Å². The standard InChI is InChI=1S/C10H18/c1-6-9(4)10(5)7-8(2)3/h9H,2,5-7H2,1,3-4H3. The van der Waals surface area contributed by atoms with Crippen LogP contribution in [0.3, 0.4) is 0 Å². The van der Waals surface area contributed by atoms with Crippen molar-refractivity contribution in [3.8, 4) is 0 Å². The first-order valence-electron chi connectivity index (χ1n) is 3.90.